The lowest BCUT2D eigenvalue weighted by molar-refractivity contribution is 1.24. The normalized spacial score (nSPS) is 9.42. The number of rotatable bonds is 1. The first-order valence-electron chi connectivity index (χ1n) is 3.58. The summed E-state index contributed by atoms with van der Waals surface area (Å²) in [5.41, 5.74) is 8.64. The van der Waals surface area contributed by atoms with Crippen LogP contribution in [-0.4, -0.2) is 0 Å². The molecular formula is C9H10N2S. The molecule has 0 saturated heterocycles. The van der Waals surface area contributed by atoms with Crippen molar-refractivity contribution in [3.63, 3.8) is 0 Å². The molecule has 0 atom stereocenters. The van der Waals surface area contributed by atoms with Crippen molar-refractivity contribution in [2.24, 2.45) is 0 Å². The maximum atomic E-state index is 8.49. The summed E-state index contributed by atoms with van der Waals surface area (Å²) in [5.74, 6) is 0. The van der Waals surface area contributed by atoms with Gasteiger partial charge in [-0.15, -0.1) is 0 Å². The number of benzene rings is 1. The number of nitriles is 1. The quantitative estimate of drug-likeness (QED) is 0.408. The van der Waals surface area contributed by atoms with Crippen molar-refractivity contribution in [3.05, 3.63) is 23.3 Å². The lowest BCUT2D eigenvalue weighted by Gasteiger charge is -2.06. The molecule has 1 aromatic carbocycles. The summed E-state index contributed by atoms with van der Waals surface area (Å²) >= 11 is 1.17. The summed E-state index contributed by atoms with van der Waals surface area (Å²) in [7, 11) is 0. The Kier molecular flexibility index (Phi) is 2.61. The average Bonchev–Trinajstić information content (AvgIpc) is 2.07. The van der Waals surface area contributed by atoms with E-state index in [4.69, 9.17) is 11.0 Å². The van der Waals surface area contributed by atoms with Gasteiger partial charge < -0.3 is 5.73 Å². The SMILES string of the molecule is Cc1c(N)ccc(SC#N)c1C. The smallest absolute Gasteiger partial charge is 0.138 e. The molecule has 0 saturated carbocycles. The standard InChI is InChI=1S/C9H10N2S/c1-6-7(2)9(12-5-10)4-3-8(6)11/h3-4H,11H2,1-2H3. The zero-order valence-electron chi connectivity index (χ0n) is 7.09. The summed E-state index contributed by atoms with van der Waals surface area (Å²) in [4.78, 5) is 0.990. The van der Waals surface area contributed by atoms with Crippen LogP contribution in [0.2, 0.25) is 0 Å². The number of hydrogen-bond donors (Lipinski definition) is 1. The third-order valence-electron chi connectivity index (χ3n) is 1.93. The first-order chi connectivity index (χ1) is 5.66. The van der Waals surface area contributed by atoms with Crippen LogP contribution in [0.3, 0.4) is 0 Å². The lowest BCUT2D eigenvalue weighted by Crippen LogP contribution is -1.93. The van der Waals surface area contributed by atoms with Gasteiger partial charge in [0.2, 0.25) is 0 Å². The molecule has 0 fully saturated rings. The second-order valence-electron chi connectivity index (χ2n) is 2.60. The largest absolute Gasteiger partial charge is 0.399 e. The molecule has 0 bridgehead atoms. The highest BCUT2D eigenvalue weighted by Gasteiger charge is 2.03. The maximum Gasteiger partial charge on any atom is 0.138 e. The molecule has 1 rings (SSSR count). The molecule has 1 aromatic rings. The Balaban J connectivity index is 3.19. The lowest BCUT2D eigenvalue weighted by atomic mass is 10.1. The monoisotopic (exact) mass is 178 g/mol. The minimum Gasteiger partial charge on any atom is -0.399 e. The van der Waals surface area contributed by atoms with Gasteiger partial charge in [0.15, 0.2) is 0 Å². The van der Waals surface area contributed by atoms with Gasteiger partial charge in [0.05, 0.1) is 0 Å². The van der Waals surface area contributed by atoms with Crippen LogP contribution in [-0.2, 0) is 0 Å². The summed E-state index contributed by atoms with van der Waals surface area (Å²) in [6, 6.07) is 3.72. The molecule has 0 amide bonds. The number of thiocyanates is 1. The Morgan fingerprint density at radius 2 is 2.00 bits per heavy atom. The van der Waals surface area contributed by atoms with Gasteiger partial charge in [-0.25, -0.2) is 0 Å². The third kappa shape index (κ3) is 1.54. The van der Waals surface area contributed by atoms with E-state index in [1.165, 1.54) is 11.8 Å². The van der Waals surface area contributed by atoms with Crippen LogP contribution in [0.1, 0.15) is 11.1 Å². The van der Waals surface area contributed by atoms with E-state index in [9.17, 15) is 0 Å². The Labute approximate surface area is 76.4 Å². The topological polar surface area (TPSA) is 49.8 Å². The molecule has 0 radical (unpaired) electrons. The van der Waals surface area contributed by atoms with Gasteiger partial charge in [-0.1, -0.05) is 0 Å². The fraction of sp³-hybridized carbons (Fsp3) is 0.222. The van der Waals surface area contributed by atoms with Gasteiger partial charge in [-0.05, 0) is 48.9 Å². The Hall–Kier alpha value is -1.14. The molecule has 0 aliphatic carbocycles. The van der Waals surface area contributed by atoms with Crippen LogP contribution in [0.25, 0.3) is 0 Å². The van der Waals surface area contributed by atoms with Crippen molar-refractivity contribution in [2.45, 2.75) is 18.7 Å². The summed E-state index contributed by atoms with van der Waals surface area (Å²) < 4.78 is 0. The predicted octanol–water partition coefficient (Wildman–Crippen LogP) is 2.46. The van der Waals surface area contributed by atoms with Crippen LogP contribution in [0, 0.1) is 24.5 Å². The van der Waals surface area contributed by atoms with Crippen molar-refractivity contribution in [1.29, 1.82) is 5.26 Å². The highest BCUT2D eigenvalue weighted by Crippen LogP contribution is 2.26. The molecule has 0 aromatic heterocycles. The zero-order chi connectivity index (χ0) is 9.14. The number of nitrogens with two attached hydrogens (primary N) is 1. The van der Waals surface area contributed by atoms with Gasteiger partial charge in [0.1, 0.15) is 5.40 Å². The number of anilines is 1. The summed E-state index contributed by atoms with van der Waals surface area (Å²) in [6.07, 6.45) is 0. The summed E-state index contributed by atoms with van der Waals surface area (Å²) in [5, 5.41) is 10.5. The first kappa shape index (κ1) is 8.95. The molecule has 0 heterocycles. The Morgan fingerprint density at radius 3 is 2.58 bits per heavy atom. The number of hydrogen-bond acceptors (Lipinski definition) is 3. The van der Waals surface area contributed by atoms with Crippen LogP contribution >= 0.6 is 11.8 Å². The minimum absolute atomic E-state index is 0.787. The van der Waals surface area contributed by atoms with Gasteiger partial charge in [-0.3, -0.25) is 0 Å². The molecular weight excluding hydrogens is 168 g/mol. The van der Waals surface area contributed by atoms with E-state index in [0.29, 0.717) is 0 Å². The number of thioether (sulfide) groups is 1. The van der Waals surface area contributed by atoms with Crippen molar-refractivity contribution in [1.82, 2.24) is 0 Å². The highest BCUT2D eigenvalue weighted by molar-refractivity contribution is 8.03. The molecule has 2 N–H and O–H groups in total. The highest BCUT2D eigenvalue weighted by atomic mass is 32.2. The van der Waals surface area contributed by atoms with Gasteiger partial charge in [0, 0.05) is 10.6 Å². The van der Waals surface area contributed by atoms with Crippen LogP contribution in [0.4, 0.5) is 5.69 Å². The molecule has 3 heteroatoms. The van der Waals surface area contributed by atoms with E-state index in [1.807, 2.05) is 31.4 Å². The Bertz CT molecular complexity index is 339. The van der Waals surface area contributed by atoms with E-state index in [0.717, 1.165) is 21.7 Å². The molecule has 62 valence electrons. The fourth-order valence-corrected chi connectivity index (χ4v) is 1.52. The molecule has 0 unspecified atom stereocenters. The van der Waals surface area contributed by atoms with E-state index in [1.54, 1.807) is 0 Å². The van der Waals surface area contributed by atoms with Crippen molar-refractivity contribution in [2.75, 3.05) is 5.73 Å². The molecule has 12 heavy (non-hydrogen) atoms. The van der Waals surface area contributed by atoms with E-state index >= 15 is 0 Å². The van der Waals surface area contributed by atoms with Crippen LogP contribution in [0.15, 0.2) is 17.0 Å². The third-order valence-corrected chi connectivity index (χ3v) is 2.69. The van der Waals surface area contributed by atoms with Gasteiger partial charge in [-0.2, -0.15) is 5.26 Å². The average molecular weight is 178 g/mol. The Morgan fingerprint density at radius 1 is 1.33 bits per heavy atom. The second-order valence-corrected chi connectivity index (χ2v) is 3.42. The number of nitrogen functional groups attached to an aromatic ring is 1. The first-order valence-corrected chi connectivity index (χ1v) is 4.40. The maximum absolute atomic E-state index is 8.49. The van der Waals surface area contributed by atoms with E-state index in [2.05, 4.69) is 0 Å². The van der Waals surface area contributed by atoms with Crippen molar-refractivity contribution in [3.8, 4) is 5.40 Å². The van der Waals surface area contributed by atoms with E-state index in [-0.39, 0.29) is 0 Å². The molecule has 0 aliphatic rings. The summed E-state index contributed by atoms with van der Waals surface area (Å²) in [6.45, 7) is 3.94. The zero-order valence-corrected chi connectivity index (χ0v) is 7.90. The molecule has 0 aliphatic heterocycles. The molecule has 0 spiro atoms. The van der Waals surface area contributed by atoms with E-state index < -0.39 is 0 Å². The minimum atomic E-state index is 0.787. The fourth-order valence-electron chi connectivity index (χ4n) is 0.977. The predicted molar refractivity (Wildman–Crippen MR) is 51.8 cm³/mol. The van der Waals surface area contributed by atoms with Crippen LogP contribution in [0.5, 0.6) is 0 Å². The van der Waals surface area contributed by atoms with Crippen molar-refractivity contribution < 1.29 is 0 Å². The van der Waals surface area contributed by atoms with Crippen LogP contribution < -0.4 is 5.73 Å². The van der Waals surface area contributed by atoms with Crippen molar-refractivity contribution >= 4 is 17.4 Å². The number of nitrogens with zero attached hydrogens (tertiary/aromatic N) is 1. The van der Waals surface area contributed by atoms with Gasteiger partial charge in [0.25, 0.3) is 0 Å². The molecule has 2 nitrogen and oxygen atoms in total. The van der Waals surface area contributed by atoms with Gasteiger partial charge >= 0.3 is 0 Å². The second kappa shape index (κ2) is 3.51.